The predicted molar refractivity (Wildman–Crippen MR) is 62.4 cm³/mol. The van der Waals surface area contributed by atoms with Gasteiger partial charge in [-0.1, -0.05) is 11.6 Å². The van der Waals surface area contributed by atoms with Crippen molar-refractivity contribution in [2.24, 2.45) is 0 Å². The summed E-state index contributed by atoms with van der Waals surface area (Å²) in [5.74, 6) is 1.07. The Labute approximate surface area is 94.1 Å². The average Bonchev–Trinajstić information content (AvgIpc) is 2.62. The summed E-state index contributed by atoms with van der Waals surface area (Å²) in [6.07, 6.45) is 5.85. The first-order valence-corrected chi connectivity index (χ1v) is 5.45. The molecule has 2 rings (SSSR count). The topological polar surface area (TPSA) is 29.3 Å². The van der Waals surface area contributed by atoms with E-state index in [4.69, 9.17) is 11.6 Å². The summed E-state index contributed by atoms with van der Waals surface area (Å²) in [6.45, 7) is 1.01. The van der Waals surface area contributed by atoms with Crippen LogP contribution in [0.25, 0.3) is 5.52 Å². The Morgan fingerprint density at radius 2 is 2.33 bits per heavy atom. The van der Waals surface area contributed by atoms with E-state index in [0.29, 0.717) is 0 Å². The Bertz CT molecular complexity index is 450. The van der Waals surface area contributed by atoms with Gasteiger partial charge in [0.2, 0.25) is 0 Å². The quantitative estimate of drug-likeness (QED) is 0.805. The fourth-order valence-electron chi connectivity index (χ4n) is 1.63. The van der Waals surface area contributed by atoms with Crippen molar-refractivity contribution < 1.29 is 0 Å². The van der Waals surface area contributed by atoms with Crippen LogP contribution in [0.4, 0.5) is 0 Å². The zero-order chi connectivity index (χ0) is 10.7. The summed E-state index contributed by atoms with van der Waals surface area (Å²) in [6, 6.07) is 3.87. The second-order valence-corrected chi connectivity index (χ2v) is 3.96. The van der Waals surface area contributed by atoms with Gasteiger partial charge in [0.25, 0.3) is 0 Å². The highest BCUT2D eigenvalue weighted by atomic mass is 35.5. The molecule has 0 aromatic carbocycles. The number of pyridine rings is 1. The smallest absolute Gasteiger partial charge is 0.113 e. The number of imidazole rings is 1. The van der Waals surface area contributed by atoms with Crippen LogP contribution in [-0.4, -0.2) is 23.0 Å². The predicted octanol–water partition coefficient (Wildman–Crippen LogP) is 2.14. The first-order chi connectivity index (χ1) is 7.31. The third-order valence-corrected chi connectivity index (χ3v) is 2.62. The molecule has 0 amide bonds. The van der Waals surface area contributed by atoms with Gasteiger partial charge in [-0.3, -0.25) is 0 Å². The van der Waals surface area contributed by atoms with Gasteiger partial charge in [-0.05, 0) is 32.1 Å². The first-order valence-electron chi connectivity index (χ1n) is 5.07. The van der Waals surface area contributed by atoms with Gasteiger partial charge < -0.3 is 9.72 Å². The van der Waals surface area contributed by atoms with Crippen LogP contribution >= 0.6 is 11.6 Å². The summed E-state index contributed by atoms with van der Waals surface area (Å²) < 4.78 is 2.05. The van der Waals surface area contributed by atoms with Crippen LogP contribution in [0.2, 0.25) is 5.02 Å². The summed E-state index contributed by atoms with van der Waals surface area (Å²) in [5, 5.41) is 3.87. The molecular weight excluding hydrogens is 210 g/mol. The summed E-state index contributed by atoms with van der Waals surface area (Å²) >= 11 is 5.95. The maximum Gasteiger partial charge on any atom is 0.113 e. The van der Waals surface area contributed by atoms with E-state index >= 15 is 0 Å². The molecule has 1 N–H and O–H groups in total. The fraction of sp³-hybridized carbons (Fsp3) is 0.364. The van der Waals surface area contributed by atoms with Crippen LogP contribution in [0, 0.1) is 0 Å². The van der Waals surface area contributed by atoms with E-state index in [1.165, 1.54) is 0 Å². The minimum Gasteiger partial charge on any atom is -0.320 e. The largest absolute Gasteiger partial charge is 0.320 e. The van der Waals surface area contributed by atoms with E-state index in [9.17, 15) is 0 Å². The zero-order valence-electron chi connectivity index (χ0n) is 8.70. The highest BCUT2D eigenvalue weighted by Crippen LogP contribution is 2.13. The number of nitrogens with zero attached hydrogens (tertiary/aromatic N) is 2. The molecule has 0 spiro atoms. The highest BCUT2D eigenvalue weighted by molar-refractivity contribution is 6.30. The van der Waals surface area contributed by atoms with Crippen molar-refractivity contribution in [2.75, 3.05) is 13.6 Å². The van der Waals surface area contributed by atoms with Crippen LogP contribution in [0.15, 0.2) is 24.5 Å². The number of fused-ring (bicyclic) bond motifs is 1. The molecule has 2 heterocycles. The number of aromatic nitrogens is 2. The lowest BCUT2D eigenvalue weighted by Crippen LogP contribution is -2.09. The maximum atomic E-state index is 5.95. The van der Waals surface area contributed by atoms with Gasteiger partial charge in [0.15, 0.2) is 0 Å². The van der Waals surface area contributed by atoms with Gasteiger partial charge in [-0.15, -0.1) is 0 Å². The Morgan fingerprint density at radius 3 is 3.13 bits per heavy atom. The molecule has 0 unspecified atom stereocenters. The molecule has 4 heteroatoms. The first kappa shape index (κ1) is 10.5. The van der Waals surface area contributed by atoms with Crippen molar-refractivity contribution in [3.05, 3.63) is 35.4 Å². The third kappa shape index (κ3) is 2.30. The van der Waals surface area contributed by atoms with Gasteiger partial charge in [0, 0.05) is 12.6 Å². The van der Waals surface area contributed by atoms with E-state index in [1.54, 1.807) is 0 Å². The number of aryl methyl sites for hydroxylation is 1. The number of nitrogens with one attached hydrogen (secondary N) is 1. The molecule has 80 valence electrons. The van der Waals surface area contributed by atoms with Crippen LogP contribution in [0.5, 0.6) is 0 Å². The normalized spacial score (nSPS) is 11.1. The molecule has 0 aliphatic rings. The van der Waals surface area contributed by atoms with Gasteiger partial charge in [0.1, 0.15) is 5.82 Å². The van der Waals surface area contributed by atoms with Crippen molar-refractivity contribution in [3.8, 4) is 0 Å². The molecule has 2 aromatic heterocycles. The van der Waals surface area contributed by atoms with Crippen LogP contribution in [0.3, 0.4) is 0 Å². The Balaban J connectivity index is 2.23. The summed E-state index contributed by atoms with van der Waals surface area (Å²) in [7, 11) is 1.96. The van der Waals surface area contributed by atoms with Crippen LogP contribution < -0.4 is 5.32 Å². The van der Waals surface area contributed by atoms with Crippen LogP contribution in [-0.2, 0) is 6.42 Å². The number of rotatable bonds is 4. The molecule has 0 atom stereocenters. The minimum atomic E-state index is 0.746. The Morgan fingerprint density at radius 1 is 1.47 bits per heavy atom. The second kappa shape index (κ2) is 4.64. The highest BCUT2D eigenvalue weighted by Gasteiger charge is 2.02. The van der Waals surface area contributed by atoms with Crippen molar-refractivity contribution in [3.63, 3.8) is 0 Å². The van der Waals surface area contributed by atoms with E-state index in [-0.39, 0.29) is 0 Å². The fourth-order valence-corrected chi connectivity index (χ4v) is 1.79. The minimum absolute atomic E-state index is 0.746. The summed E-state index contributed by atoms with van der Waals surface area (Å²) in [4.78, 5) is 4.38. The van der Waals surface area contributed by atoms with E-state index in [1.807, 2.05) is 31.6 Å². The standard InChI is InChI=1S/C11H14ClN3/c1-13-6-2-3-11-14-7-10-5-4-9(12)8-15(10)11/h4-5,7-8,13H,2-3,6H2,1H3. The monoisotopic (exact) mass is 223 g/mol. The molecule has 0 saturated carbocycles. The van der Waals surface area contributed by atoms with E-state index in [2.05, 4.69) is 14.7 Å². The third-order valence-electron chi connectivity index (χ3n) is 2.39. The van der Waals surface area contributed by atoms with E-state index < -0.39 is 0 Å². The number of hydrogen-bond acceptors (Lipinski definition) is 2. The van der Waals surface area contributed by atoms with Gasteiger partial charge in [0.05, 0.1) is 16.7 Å². The lowest BCUT2D eigenvalue weighted by Gasteiger charge is -2.01. The molecule has 15 heavy (non-hydrogen) atoms. The molecule has 0 aliphatic heterocycles. The van der Waals surface area contributed by atoms with Gasteiger partial charge in [-0.2, -0.15) is 0 Å². The molecule has 0 aliphatic carbocycles. The Kier molecular flexibility index (Phi) is 3.23. The lowest BCUT2D eigenvalue weighted by atomic mass is 10.3. The molecule has 0 saturated heterocycles. The van der Waals surface area contributed by atoms with Crippen molar-refractivity contribution in [2.45, 2.75) is 12.8 Å². The van der Waals surface area contributed by atoms with Crippen molar-refractivity contribution >= 4 is 17.1 Å². The van der Waals surface area contributed by atoms with E-state index in [0.717, 1.165) is 35.8 Å². The second-order valence-electron chi connectivity index (χ2n) is 3.52. The van der Waals surface area contributed by atoms with Crippen LogP contribution in [0.1, 0.15) is 12.2 Å². The van der Waals surface area contributed by atoms with Crippen molar-refractivity contribution in [1.82, 2.24) is 14.7 Å². The molecule has 2 aromatic rings. The Hall–Kier alpha value is -1.06. The summed E-state index contributed by atoms with van der Waals surface area (Å²) in [5.41, 5.74) is 1.10. The van der Waals surface area contributed by atoms with Gasteiger partial charge >= 0.3 is 0 Å². The molecule has 3 nitrogen and oxygen atoms in total. The maximum absolute atomic E-state index is 5.95. The number of halogens is 1. The molecule has 0 radical (unpaired) electrons. The van der Waals surface area contributed by atoms with Crippen molar-refractivity contribution in [1.29, 1.82) is 0 Å². The SMILES string of the molecule is CNCCCc1ncc2ccc(Cl)cn12. The van der Waals surface area contributed by atoms with Gasteiger partial charge in [-0.25, -0.2) is 4.98 Å². The molecule has 0 fully saturated rings. The molecular formula is C11H14ClN3. The lowest BCUT2D eigenvalue weighted by molar-refractivity contribution is 0.701. The number of hydrogen-bond donors (Lipinski definition) is 1. The molecule has 0 bridgehead atoms. The zero-order valence-corrected chi connectivity index (χ0v) is 9.46. The average molecular weight is 224 g/mol.